The number of hydrogen-bond donors (Lipinski definition) is 1. The number of benzene rings is 1. The first-order chi connectivity index (χ1) is 9.74. The van der Waals surface area contributed by atoms with E-state index in [4.69, 9.17) is 4.74 Å². The zero-order chi connectivity index (χ0) is 14.2. The summed E-state index contributed by atoms with van der Waals surface area (Å²) in [5.74, 6) is 0. The molecule has 0 atom stereocenters. The molecule has 2 aromatic rings. The van der Waals surface area contributed by atoms with E-state index in [0.717, 1.165) is 26.2 Å². The van der Waals surface area contributed by atoms with E-state index in [0.29, 0.717) is 6.10 Å². The summed E-state index contributed by atoms with van der Waals surface area (Å²) in [5.41, 5.74) is 2.46. The summed E-state index contributed by atoms with van der Waals surface area (Å²) in [4.78, 5) is 0. The quantitative estimate of drug-likeness (QED) is 0.751. The fourth-order valence-corrected chi connectivity index (χ4v) is 1.95. The van der Waals surface area contributed by atoms with Crippen LogP contribution in [-0.4, -0.2) is 29.0 Å². The van der Waals surface area contributed by atoms with Gasteiger partial charge in [0.1, 0.15) is 0 Å². The van der Waals surface area contributed by atoms with Gasteiger partial charge in [0.15, 0.2) is 0 Å². The van der Waals surface area contributed by atoms with Gasteiger partial charge in [0, 0.05) is 24.8 Å². The van der Waals surface area contributed by atoms with Gasteiger partial charge in [0.25, 0.3) is 0 Å². The summed E-state index contributed by atoms with van der Waals surface area (Å²) >= 11 is 0. The first-order valence-corrected chi connectivity index (χ1v) is 7.11. The highest BCUT2D eigenvalue weighted by Crippen LogP contribution is 2.03. The molecule has 1 aromatic heterocycles. The van der Waals surface area contributed by atoms with E-state index in [1.165, 1.54) is 11.1 Å². The van der Waals surface area contributed by atoms with Crippen LogP contribution in [0.25, 0.3) is 0 Å². The van der Waals surface area contributed by atoms with E-state index < -0.39 is 0 Å². The van der Waals surface area contributed by atoms with E-state index >= 15 is 0 Å². The molecule has 0 radical (unpaired) electrons. The Morgan fingerprint density at radius 2 is 2.00 bits per heavy atom. The van der Waals surface area contributed by atoms with Crippen molar-refractivity contribution in [1.29, 1.82) is 0 Å². The Bertz CT molecular complexity index is 493. The average Bonchev–Trinajstić information content (AvgIpc) is 2.87. The van der Waals surface area contributed by atoms with Gasteiger partial charge in [-0.2, -0.15) is 5.10 Å². The van der Waals surface area contributed by atoms with Crippen molar-refractivity contribution in [2.75, 3.05) is 13.2 Å². The fraction of sp³-hybridized carbons (Fsp3) is 0.438. The molecule has 20 heavy (non-hydrogen) atoms. The molecule has 0 aliphatic carbocycles. The molecule has 2 rings (SSSR count). The Morgan fingerprint density at radius 3 is 2.75 bits per heavy atom. The second kappa shape index (κ2) is 7.82. The van der Waals surface area contributed by atoms with Gasteiger partial charge in [-0.1, -0.05) is 30.3 Å². The van der Waals surface area contributed by atoms with Gasteiger partial charge in [0.05, 0.1) is 25.5 Å². The Balaban J connectivity index is 1.72. The van der Waals surface area contributed by atoms with Crippen LogP contribution in [0, 0.1) is 0 Å². The molecular weight excluding hydrogens is 250 g/mol. The molecule has 0 aliphatic heterocycles. The third kappa shape index (κ3) is 5.15. The van der Waals surface area contributed by atoms with Crippen molar-refractivity contribution in [1.82, 2.24) is 15.1 Å². The number of nitrogens with zero attached hydrogens (tertiary/aromatic N) is 2. The van der Waals surface area contributed by atoms with Gasteiger partial charge in [0.2, 0.25) is 0 Å². The maximum absolute atomic E-state index is 5.48. The minimum Gasteiger partial charge on any atom is -0.377 e. The second-order valence-corrected chi connectivity index (χ2v) is 5.13. The molecule has 4 nitrogen and oxygen atoms in total. The number of hydrogen-bond acceptors (Lipinski definition) is 3. The molecule has 0 saturated carbocycles. The van der Waals surface area contributed by atoms with Crippen molar-refractivity contribution in [2.45, 2.75) is 33.0 Å². The van der Waals surface area contributed by atoms with Gasteiger partial charge in [-0.3, -0.25) is 4.68 Å². The van der Waals surface area contributed by atoms with Gasteiger partial charge < -0.3 is 10.1 Å². The predicted molar refractivity (Wildman–Crippen MR) is 80.6 cm³/mol. The molecule has 1 heterocycles. The minimum absolute atomic E-state index is 0.297. The van der Waals surface area contributed by atoms with E-state index in [1.54, 1.807) is 0 Å². The molecule has 0 bridgehead atoms. The molecule has 1 aromatic carbocycles. The van der Waals surface area contributed by atoms with Crippen molar-refractivity contribution in [2.24, 2.45) is 0 Å². The Labute approximate surface area is 120 Å². The zero-order valence-corrected chi connectivity index (χ0v) is 12.2. The number of rotatable bonds is 8. The highest BCUT2D eigenvalue weighted by Gasteiger charge is 2.00. The molecule has 4 heteroatoms. The number of aromatic nitrogens is 2. The van der Waals surface area contributed by atoms with Crippen LogP contribution in [0.15, 0.2) is 42.7 Å². The Hall–Kier alpha value is -1.65. The maximum atomic E-state index is 5.48. The Morgan fingerprint density at radius 1 is 1.20 bits per heavy atom. The van der Waals surface area contributed by atoms with Crippen LogP contribution >= 0.6 is 0 Å². The van der Waals surface area contributed by atoms with Crippen molar-refractivity contribution >= 4 is 0 Å². The topological polar surface area (TPSA) is 39.1 Å². The lowest BCUT2D eigenvalue weighted by molar-refractivity contribution is 0.0807. The van der Waals surface area contributed by atoms with E-state index in [1.807, 2.05) is 30.8 Å². The lowest BCUT2D eigenvalue weighted by Crippen LogP contribution is -2.20. The van der Waals surface area contributed by atoms with E-state index in [2.05, 4.69) is 40.9 Å². The highest BCUT2D eigenvalue weighted by molar-refractivity contribution is 5.15. The SMILES string of the molecule is CC(C)OCCNCc1cnn(Cc2ccccc2)c1. The molecule has 1 N–H and O–H groups in total. The van der Waals surface area contributed by atoms with Crippen molar-refractivity contribution in [3.8, 4) is 0 Å². The summed E-state index contributed by atoms with van der Waals surface area (Å²) in [6, 6.07) is 10.4. The first kappa shape index (κ1) is 14.8. The van der Waals surface area contributed by atoms with Gasteiger partial charge in [-0.15, -0.1) is 0 Å². The van der Waals surface area contributed by atoms with Gasteiger partial charge in [-0.25, -0.2) is 0 Å². The van der Waals surface area contributed by atoms with Crippen LogP contribution in [0.4, 0.5) is 0 Å². The predicted octanol–water partition coefficient (Wildman–Crippen LogP) is 2.45. The van der Waals surface area contributed by atoms with Crippen LogP contribution in [-0.2, 0) is 17.8 Å². The largest absolute Gasteiger partial charge is 0.377 e. The lowest BCUT2D eigenvalue weighted by Gasteiger charge is -2.07. The summed E-state index contributed by atoms with van der Waals surface area (Å²) in [6.45, 7) is 7.35. The normalized spacial score (nSPS) is 11.2. The van der Waals surface area contributed by atoms with E-state index in [-0.39, 0.29) is 0 Å². The molecule has 0 saturated heterocycles. The summed E-state index contributed by atoms with van der Waals surface area (Å²) < 4.78 is 7.45. The van der Waals surface area contributed by atoms with Crippen molar-refractivity contribution < 1.29 is 4.74 Å². The average molecular weight is 273 g/mol. The maximum Gasteiger partial charge on any atom is 0.0659 e. The fourth-order valence-electron chi connectivity index (χ4n) is 1.95. The molecule has 0 unspecified atom stereocenters. The van der Waals surface area contributed by atoms with E-state index in [9.17, 15) is 0 Å². The molecule has 0 amide bonds. The molecule has 108 valence electrons. The van der Waals surface area contributed by atoms with Crippen LogP contribution in [0.2, 0.25) is 0 Å². The summed E-state index contributed by atoms with van der Waals surface area (Å²) in [6.07, 6.45) is 4.30. The number of nitrogens with one attached hydrogen (secondary N) is 1. The lowest BCUT2D eigenvalue weighted by atomic mass is 10.2. The van der Waals surface area contributed by atoms with Gasteiger partial charge >= 0.3 is 0 Å². The van der Waals surface area contributed by atoms with Crippen LogP contribution < -0.4 is 5.32 Å². The first-order valence-electron chi connectivity index (χ1n) is 7.11. The minimum atomic E-state index is 0.297. The van der Waals surface area contributed by atoms with Crippen LogP contribution in [0.3, 0.4) is 0 Å². The van der Waals surface area contributed by atoms with Crippen LogP contribution in [0.1, 0.15) is 25.0 Å². The molecular formula is C16H23N3O. The van der Waals surface area contributed by atoms with Crippen molar-refractivity contribution in [3.05, 3.63) is 53.9 Å². The molecule has 0 spiro atoms. The zero-order valence-electron chi connectivity index (χ0n) is 12.2. The third-order valence-electron chi connectivity index (χ3n) is 2.93. The monoisotopic (exact) mass is 273 g/mol. The number of ether oxygens (including phenoxy) is 1. The van der Waals surface area contributed by atoms with Crippen molar-refractivity contribution in [3.63, 3.8) is 0 Å². The molecule has 0 fully saturated rings. The summed E-state index contributed by atoms with van der Waals surface area (Å²) in [7, 11) is 0. The van der Waals surface area contributed by atoms with Crippen LogP contribution in [0.5, 0.6) is 0 Å². The summed E-state index contributed by atoms with van der Waals surface area (Å²) in [5, 5.41) is 7.74. The highest BCUT2D eigenvalue weighted by atomic mass is 16.5. The van der Waals surface area contributed by atoms with Gasteiger partial charge in [-0.05, 0) is 19.4 Å². The third-order valence-corrected chi connectivity index (χ3v) is 2.93. The standard InChI is InChI=1S/C16H23N3O/c1-14(2)20-9-8-17-10-16-11-18-19(13-16)12-15-6-4-3-5-7-15/h3-7,11,13-14,17H,8-10,12H2,1-2H3. The second-order valence-electron chi connectivity index (χ2n) is 5.13. The molecule has 0 aliphatic rings. The Kier molecular flexibility index (Phi) is 5.77. The smallest absolute Gasteiger partial charge is 0.0659 e.